The number of carbonyl (C=O) groups is 1. The number of hydrogen-bond donors (Lipinski definition) is 0. The molecule has 0 saturated heterocycles. The van der Waals surface area contributed by atoms with Crippen LogP contribution in [0, 0.1) is 6.92 Å². The lowest BCUT2D eigenvalue weighted by atomic mass is 9.91. The van der Waals surface area contributed by atoms with E-state index in [1.807, 2.05) is 6.92 Å². The van der Waals surface area contributed by atoms with E-state index in [0.29, 0.717) is 11.6 Å². The molecule has 1 aromatic heterocycles. The lowest BCUT2D eigenvalue weighted by Crippen LogP contribution is -2.39. The smallest absolute Gasteiger partial charge is 0.169 e. The van der Waals surface area contributed by atoms with Crippen molar-refractivity contribution in [3.8, 4) is 0 Å². The molecule has 0 N–H and O–H groups in total. The van der Waals surface area contributed by atoms with Crippen LogP contribution < -0.4 is 0 Å². The normalized spacial score (nSPS) is 18.2. The Bertz CT molecular complexity index is 462. The van der Waals surface area contributed by atoms with Gasteiger partial charge in [0.05, 0.1) is 5.69 Å². The molecule has 1 fully saturated rings. The first-order valence-corrected chi connectivity index (χ1v) is 6.64. The van der Waals surface area contributed by atoms with Gasteiger partial charge in [-0.1, -0.05) is 11.6 Å². The lowest BCUT2D eigenvalue weighted by Gasteiger charge is -2.25. The van der Waals surface area contributed by atoms with Crippen LogP contribution in [0.4, 0.5) is 0 Å². The van der Waals surface area contributed by atoms with Crippen molar-refractivity contribution in [2.75, 3.05) is 7.11 Å². The van der Waals surface area contributed by atoms with Crippen molar-refractivity contribution in [3.63, 3.8) is 0 Å². The van der Waals surface area contributed by atoms with E-state index in [9.17, 15) is 4.79 Å². The maximum atomic E-state index is 12.5. The molecule has 1 aromatic rings. The van der Waals surface area contributed by atoms with E-state index >= 15 is 0 Å². The van der Waals surface area contributed by atoms with Crippen molar-refractivity contribution < 1.29 is 9.53 Å². The zero-order valence-corrected chi connectivity index (χ0v) is 11.9. The van der Waals surface area contributed by atoms with Gasteiger partial charge in [-0.2, -0.15) is 5.10 Å². The topological polar surface area (TPSA) is 44.1 Å². The van der Waals surface area contributed by atoms with E-state index in [1.54, 1.807) is 18.8 Å². The fourth-order valence-electron chi connectivity index (χ4n) is 2.74. The summed E-state index contributed by atoms with van der Waals surface area (Å²) in [6, 6.07) is 0. The third-order valence-electron chi connectivity index (χ3n) is 3.92. The van der Waals surface area contributed by atoms with Gasteiger partial charge in [-0.3, -0.25) is 9.48 Å². The summed E-state index contributed by atoms with van der Waals surface area (Å²) < 4.78 is 7.10. The minimum absolute atomic E-state index is 0.125. The third-order valence-corrected chi connectivity index (χ3v) is 4.39. The predicted molar refractivity (Wildman–Crippen MR) is 69.9 cm³/mol. The van der Waals surface area contributed by atoms with Gasteiger partial charge in [0.2, 0.25) is 0 Å². The summed E-state index contributed by atoms with van der Waals surface area (Å²) in [7, 11) is 3.41. The van der Waals surface area contributed by atoms with Crippen LogP contribution in [0.15, 0.2) is 0 Å². The van der Waals surface area contributed by atoms with E-state index in [-0.39, 0.29) is 5.78 Å². The summed E-state index contributed by atoms with van der Waals surface area (Å²) >= 11 is 6.16. The van der Waals surface area contributed by atoms with E-state index in [2.05, 4.69) is 5.10 Å². The molecule has 0 spiro atoms. The molecule has 1 aliphatic carbocycles. The Morgan fingerprint density at radius 2 is 2.11 bits per heavy atom. The summed E-state index contributed by atoms with van der Waals surface area (Å²) in [5.74, 6) is 0.125. The molecular formula is C13H19ClN2O2. The molecule has 5 heteroatoms. The Hall–Kier alpha value is -0.870. The summed E-state index contributed by atoms with van der Waals surface area (Å²) in [6.07, 6.45) is 4.06. The number of ether oxygens (including phenoxy) is 1. The Morgan fingerprint density at radius 1 is 1.50 bits per heavy atom. The number of rotatable bonds is 4. The number of methoxy groups -OCH3 is 1. The number of carbonyl (C=O) groups excluding carboxylic acids is 1. The average molecular weight is 271 g/mol. The highest BCUT2D eigenvalue weighted by Gasteiger charge is 2.41. The van der Waals surface area contributed by atoms with Crippen molar-refractivity contribution in [1.29, 1.82) is 0 Å². The van der Waals surface area contributed by atoms with E-state index in [1.165, 1.54) is 0 Å². The Labute approximate surface area is 112 Å². The molecule has 0 radical (unpaired) electrons. The zero-order chi connectivity index (χ0) is 13.3. The molecule has 0 amide bonds. The van der Waals surface area contributed by atoms with Crippen LogP contribution in [0.2, 0.25) is 5.15 Å². The second-order valence-corrected chi connectivity index (χ2v) is 5.34. The molecule has 1 heterocycles. The van der Waals surface area contributed by atoms with Crippen LogP contribution in [0.1, 0.15) is 36.9 Å². The monoisotopic (exact) mass is 270 g/mol. The molecule has 1 aliphatic rings. The van der Waals surface area contributed by atoms with Gasteiger partial charge >= 0.3 is 0 Å². The highest BCUT2D eigenvalue weighted by molar-refractivity contribution is 6.30. The van der Waals surface area contributed by atoms with Gasteiger partial charge in [0.25, 0.3) is 0 Å². The standard InChI is InChI=1S/C13H19ClN2O2/c1-9-10(12(14)16(2)15-9)8-11(17)13(18-3)6-4-5-7-13/h4-8H2,1-3H3. The van der Waals surface area contributed by atoms with Crippen LogP contribution in [0.3, 0.4) is 0 Å². The minimum atomic E-state index is -0.592. The van der Waals surface area contributed by atoms with Crippen molar-refractivity contribution in [3.05, 3.63) is 16.4 Å². The van der Waals surface area contributed by atoms with Gasteiger partial charge in [0.15, 0.2) is 5.78 Å². The van der Waals surface area contributed by atoms with Gasteiger partial charge in [-0.25, -0.2) is 0 Å². The second-order valence-electron chi connectivity index (χ2n) is 4.98. The van der Waals surface area contributed by atoms with Crippen LogP contribution in [0.25, 0.3) is 0 Å². The van der Waals surface area contributed by atoms with Crippen molar-refractivity contribution >= 4 is 17.4 Å². The Morgan fingerprint density at radius 3 is 2.56 bits per heavy atom. The van der Waals surface area contributed by atoms with Gasteiger partial charge < -0.3 is 4.74 Å². The average Bonchev–Trinajstić information content (AvgIpc) is 2.91. The third kappa shape index (κ3) is 2.19. The first kappa shape index (κ1) is 13.6. The fraction of sp³-hybridized carbons (Fsp3) is 0.692. The number of aryl methyl sites for hydroxylation is 2. The van der Waals surface area contributed by atoms with E-state index in [0.717, 1.165) is 36.9 Å². The second kappa shape index (κ2) is 5.02. The van der Waals surface area contributed by atoms with Gasteiger partial charge in [0.1, 0.15) is 10.8 Å². The highest BCUT2D eigenvalue weighted by atomic mass is 35.5. The molecule has 0 unspecified atom stereocenters. The van der Waals surface area contributed by atoms with Crippen LogP contribution in [-0.4, -0.2) is 28.3 Å². The summed E-state index contributed by atoms with van der Waals surface area (Å²) in [6.45, 7) is 1.88. The molecule has 0 aliphatic heterocycles. The van der Waals surface area contributed by atoms with Gasteiger partial charge in [-0.05, 0) is 32.6 Å². The quantitative estimate of drug-likeness (QED) is 0.844. The SMILES string of the molecule is COC1(C(=O)Cc2c(C)nn(C)c2Cl)CCCC1. The molecule has 100 valence electrons. The summed E-state index contributed by atoms with van der Waals surface area (Å²) in [5.41, 5.74) is 1.05. The van der Waals surface area contributed by atoms with Gasteiger partial charge in [0, 0.05) is 26.1 Å². The lowest BCUT2D eigenvalue weighted by molar-refractivity contribution is -0.139. The number of hydrogen-bond acceptors (Lipinski definition) is 3. The van der Waals surface area contributed by atoms with E-state index < -0.39 is 5.60 Å². The van der Waals surface area contributed by atoms with E-state index in [4.69, 9.17) is 16.3 Å². The highest BCUT2D eigenvalue weighted by Crippen LogP contribution is 2.35. The number of ketones is 1. The molecule has 4 nitrogen and oxygen atoms in total. The molecule has 1 saturated carbocycles. The molecule has 18 heavy (non-hydrogen) atoms. The number of Topliss-reactive ketones (excluding diaryl/α,β-unsaturated/α-hetero) is 1. The van der Waals surface area contributed by atoms with Crippen molar-refractivity contribution in [2.24, 2.45) is 7.05 Å². The number of aromatic nitrogens is 2. The van der Waals surface area contributed by atoms with Crippen LogP contribution in [0.5, 0.6) is 0 Å². The number of halogens is 1. The number of nitrogens with zero attached hydrogens (tertiary/aromatic N) is 2. The van der Waals surface area contributed by atoms with Crippen molar-refractivity contribution in [1.82, 2.24) is 9.78 Å². The molecule has 0 atom stereocenters. The minimum Gasteiger partial charge on any atom is -0.370 e. The molecule has 0 bridgehead atoms. The summed E-state index contributed by atoms with van der Waals surface area (Å²) in [5, 5.41) is 4.78. The summed E-state index contributed by atoms with van der Waals surface area (Å²) in [4.78, 5) is 12.5. The fourth-order valence-corrected chi connectivity index (χ4v) is 2.98. The maximum Gasteiger partial charge on any atom is 0.169 e. The van der Waals surface area contributed by atoms with Crippen molar-refractivity contribution in [2.45, 2.75) is 44.6 Å². The Kier molecular flexibility index (Phi) is 3.78. The van der Waals surface area contributed by atoms with Gasteiger partial charge in [-0.15, -0.1) is 0 Å². The van der Waals surface area contributed by atoms with Crippen LogP contribution in [-0.2, 0) is 23.0 Å². The molecule has 2 rings (SSSR count). The first-order chi connectivity index (χ1) is 8.50. The maximum absolute atomic E-state index is 12.5. The zero-order valence-electron chi connectivity index (χ0n) is 11.1. The molecular weight excluding hydrogens is 252 g/mol. The Balaban J connectivity index is 2.21. The predicted octanol–water partition coefficient (Wildman–Crippen LogP) is 2.45. The van der Waals surface area contributed by atoms with Crippen LogP contribution >= 0.6 is 11.6 Å². The molecule has 0 aromatic carbocycles. The first-order valence-electron chi connectivity index (χ1n) is 6.26. The largest absolute Gasteiger partial charge is 0.370 e.